The van der Waals surface area contributed by atoms with Gasteiger partial charge in [-0.05, 0) is 19.3 Å². The van der Waals surface area contributed by atoms with Crippen LogP contribution < -0.4 is 11.1 Å². The van der Waals surface area contributed by atoms with E-state index in [1.807, 2.05) is 0 Å². The third-order valence-corrected chi connectivity index (χ3v) is 1.79. The summed E-state index contributed by atoms with van der Waals surface area (Å²) < 4.78 is 0. The first-order chi connectivity index (χ1) is 6.37. The summed E-state index contributed by atoms with van der Waals surface area (Å²) in [6, 6.07) is 0. The monoisotopic (exact) mass is 203 g/mol. The lowest BCUT2D eigenvalue weighted by Crippen LogP contribution is -2.42. The number of nitrogens with zero attached hydrogens (tertiary/aromatic N) is 1. The van der Waals surface area contributed by atoms with Crippen LogP contribution in [0.15, 0.2) is 5.16 Å². The number of amidine groups is 1. The Kier molecular flexibility index (Phi) is 5.49. The van der Waals surface area contributed by atoms with Crippen LogP contribution in [0.5, 0.6) is 0 Å². The summed E-state index contributed by atoms with van der Waals surface area (Å²) in [5.74, 6) is 0.556. The maximum Gasteiger partial charge on any atom is 0.153 e. The van der Waals surface area contributed by atoms with E-state index >= 15 is 0 Å². The molecule has 0 aliphatic carbocycles. The highest BCUT2D eigenvalue weighted by atomic mass is 16.4. The molecule has 5 nitrogen and oxygen atoms in total. The Morgan fingerprint density at radius 1 is 1.57 bits per heavy atom. The van der Waals surface area contributed by atoms with Crippen molar-refractivity contribution < 1.29 is 10.3 Å². The van der Waals surface area contributed by atoms with Crippen LogP contribution >= 0.6 is 0 Å². The first-order valence-electron chi connectivity index (χ1n) is 4.77. The third kappa shape index (κ3) is 6.68. The van der Waals surface area contributed by atoms with E-state index in [0.29, 0.717) is 12.5 Å². The normalized spacial score (nSPS) is 17.1. The van der Waals surface area contributed by atoms with Crippen molar-refractivity contribution >= 4 is 5.84 Å². The molecular weight excluding hydrogens is 182 g/mol. The maximum absolute atomic E-state index is 9.86. The zero-order valence-corrected chi connectivity index (χ0v) is 9.12. The summed E-state index contributed by atoms with van der Waals surface area (Å²) in [6.45, 7) is 6.59. The van der Waals surface area contributed by atoms with E-state index in [1.54, 1.807) is 6.92 Å². The first-order valence-corrected chi connectivity index (χ1v) is 4.77. The van der Waals surface area contributed by atoms with Crippen molar-refractivity contribution in [1.82, 2.24) is 5.32 Å². The van der Waals surface area contributed by atoms with E-state index in [-0.39, 0.29) is 12.4 Å². The fraction of sp³-hybridized carbons (Fsp3) is 0.889. The second-order valence-corrected chi connectivity index (χ2v) is 4.29. The topological polar surface area (TPSA) is 90.9 Å². The predicted octanol–water partition coefficient (Wildman–Crippen LogP) is 0.120. The van der Waals surface area contributed by atoms with Crippen molar-refractivity contribution in [2.45, 2.75) is 32.8 Å². The van der Waals surface area contributed by atoms with Gasteiger partial charge in [-0.15, -0.1) is 0 Å². The molecule has 0 bridgehead atoms. The van der Waals surface area contributed by atoms with Crippen molar-refractivity contribution in [2.75, 3.05) is 13.1 Å². The lowest BCUT2D eigenvalue weighted by Gasteiger charge is -2.25. The molecule has 1 unspecified atom stereocenters. The Balaban J connectivity index is 3.76. The molecule has 0 amide bonds. The fourth-order valence-electron chi connectivity index (χ4n) is 1.45. The van der Waals surface area contributed by atoms with Crippen LogP contribution in [0, 0.1) is 5.92 Å². The van der Waals surface area contributed by atoms with Gasteiger partial charge in [0.15, 0.2) is 5.84 Å². The Hall–Kier alpha value is -0.810. The van der Waals surface area contributed by atoms with Gasteiger partial charge in [-0.3, -0.25) is 0 Å². The molecule has 0 rings (SSSR count). The molecule has 0 heterocycles. The second-order valence-electron chi connectivity index (χ2n) is 4.29. The predicted molar refractivity (Wildman–Crippen MR) is 56.4 cm³/mol. The second kappa shape index (κ2) is 5.82. The maximum atomic E-state index is 9.86. The molecular formula is C9H21N3O2. The van der Waals surface area contributed by atoms with Crippen LogP contribution in [-0.2, 0) is 0 Å². The third-order valence-electron chi connectivity index (χ3n) is 1.79. The minimum absolute atomic E-state index is 0.116. The molecule has 5 heteroatoms. The van der Waals surface area contributed by atoms with Crippen LogP contribution in [0.4, 0.5) is 0 Å². The summed E-state index contributed by atoms with van der Waals surface area (Å²) in [6.07, 6.45) is 0.718. The van der Waals surface area contributed by atoms with Crippen molar-refractivity contribution in [3.8, 4) is 0 Å². The number of nitrogens with two attached hydrogens (primary N) is 1. The lowest BCUT2D eigenvalue weighted by atomic mass is 9.94. The molecule has 0 aliphatic rings. The van der Waals surface area contributed by atoms with Crippen LogP contribution in [0.1, 0.15) is 27.2 Å². The summed E-state index contributed by atoms with van der Waals surface area (Å²) in [7, 11) is 0. The Morgan fingerprint density at radius 2 is 2.14 bits per heavy atom. The van der Waals surface area contributed by atoms with E-state index in [4.69, 9.17) is 10.9 Å². The smallest absolute Gasteiger partial charge is 0.153 e. The number of oxime groups is 1. The molecule has 0 aromatic carbocycles. The van der Waals surface area contributed by atoms with Crippen LogP contribution in [0.25, 0.3) is 0 Å². The Bertz CT molecular complexity index is 190. The minimum Gasteiger partial charge on any atom is -0.409 e. The largest absolute Gasteiger partial charge is 0.409 e. The molecule has 84 valence electrons. The Labute approximate surface area is 85.0 Å². The molecule has 14 heavy (non-hydrogen) atoms. The van der Waals surface area contributed by atoms with Gasteiger partial charge in [-0.1, -0.05) is 19.0 Å². The molecule has 5 N–H and O–H groups in total. The van der Waals surface area contributed by atoms with E-state index in [1.165, 1.54) is 0 Å². The molecule has 0 saturated carbocycles. The molecule has 0 aromatic rings. The fourth-order valence-corrected chi connectivity index (χ4v) is 1.45. The quantitative estimate of drug-likeness (QED) is 0.213. The molecule has 0 spiro atoms. The van der Waals surface area contributed by atoms with Crippen molar-refractivity contribution in [3.05, 3.63) is 0 Å². The molecule has 1 atom stereocenters. The van der Waals surface area contributed by atoms with Crippen LogP contribution in [0.2, 0.25) is 0 Å². The summed E-state index contributed by atoms with van der Waals surface area (Å²) in [4.78, 5) is 0. The van der Waals surface area contributed by atoms with E-state index in [2.05, 4.69) is 24.3 Å². The van der Waals surface area contributed by atoms with E-state index < -0.39 is 5.60 Å². The van der Waals surface area contributed by atoms with Gasteiger partial charge in [-0.2, -0.15) is 0 Å². The average Bonchev–Trinajstić information content (AvgIpc) is 2.01. The SMILES string of the molecule is CC(C)CC(C)(O)CNCC(N)=NO. The lowest BCUT2D eigenvalue weighted by molar-refractivity contribution is 0.0397. The Morgan fingerprint density at radius 3 is 2.57 bits per heavy atom. The van der Waals surface area contributed by atoms with E-state index in [0.717, 1.165) is 6.42 Å². The highest BCUT2D eigenvalue weighted by molar-refractivity contribution is 5.81. The van der Waals surface area contributed by atoms with Gasteiger partial charge in [-0.25, -0.2) is 0 Å². The molecule has 0 fully saturated rings. The molecule has 0 saturated heterocycles. The number of nitrogens with one attached hydrogen (secondary N) is 1. The highest BCUT2D eigenvalue weighted by Gasteiger charge is 2.21. The van der Waals surface area contributed by atoms with Gasteiger partial charge >= 0.3 is 0 Å². The number of hydrogen-bond acceptors (Lipinski definition) is 4. The first kappa shape index (κ1) is 13.2. The van der Waals surface area contributed by atoms with Gasteiger partial charge in [0.2, 0.25) is 0 Å². The van der Waals surface area contributed by atoms with Crippen LogP contribution in [0.3, 0.4) is 0 Å². The van der Waals surface area contributed by atoms with Gasteiger partial charge < -0.3 is 21.4 Å². The zero-order valence-electron chi connectivity index (χ0n) is 9.12. The van der Waals surface area contributed by atoms with E-state index in [9.17, 15) is 5.11 Å². The van der Waals surface area contributed by atoms with Gasteiger partial charge in [0.25, 0.3) is 0 Å². The highest BCUT2D eigenvalue weighted by Crippen LogP contribution is 2.14. The molecule has 0 aromatic heterocycles. The van der Waals surface area contributed by atoms with Crippen LogP contribution in [-0.4, -0.2) is 34.8 Å². The zero-order chi connectivity index (χ0) is 11.2. The number of rotatable bonds is 6. The molecule has 0 aliphatic heterocycles. The van der Waals surface area contributed by atoms with Crippen molar-refractivity contribution in [1.29, 1.82) is 0 Å². The summed E-state index contributed by atoms with van der Waals surface area (Å²) in [5, 5.41) is 23.9. The van der Waals surface area contributed by atoms with Crippen molar-refractivity contribution in [2.24, 2.45) is 16.8 Å². The summed E-state index contributed by atoms with van der Waals surface area (Å²) >= 11 is 0. The molecule has 0 radical (unpaired) electrons. The number of hydrogen-bond donors (Lipinski definition) is 4. The van der Waals surface area contributed by atoms with Gasteiger partial charge in [0, 0.05) is 6.54 Å². The number of aliphatic hydroxyl groups is 1. The van der Waals surface area contributed by atoms with Crippen molar-refractivity contribution in [3.63, 3.8) is 0 Å². The standard InChI is InChI=1S/C9H21N3O2/c1-7(2)4-9(3,13)6-11-5-8(10)12-14/h7,11,13-14H,4-6H2,1-3H3,(H2,10,12). The average molecular weight is 203 g/mol. The summed E-state index contributed by atoms with van der Waals surface area (Å²) in [5.41, 5.74) is 4.51. The van der Waals surface area contributed by atoms with Gasteiger partial charge in [0.1, 0.15) is 0 Å². The minimum atomic E-state index is -0.746. The van der Waals surface area contributed by atoms with Gasteiger partial charge in [0.05, 0.1) is 12.1 Å².